The molecule has 1 unspecified atom stereocenters. The molecule has 1 amide bonds. The van der Waals surface area contributed by atoms with E-state index in [1.165, 1.54) is 26.4 Å². The standard InChI is InChI=1S/C26H48N2O5/c1-18-16-22(17-19(2)28(18)24(30)33-25(3,4)5)32-15-9-10-20-11-13-21(14-12-20)27-26(6,7)23(29)31-8/h18-22,27H,9-17H2,1-8H3/t18-,19+,20-,21-,22?. The molecule has 2 rings (SSSR count). The van der Waals surface area contributed by atoms with Crippen LogP contribution in [0.3, 0.4) is 0 Å². The van der Waals surface area contributed by atoms with Crippen LogP contribution in [0.5, 0.6) is 0 Å². The van der Waals surface area contributed by atoms with Crippen LogP contribution in [-0.2, 0) is 19.0 Å². The number of methoxy groups -OCH3 is 1. The minimum absolute atomic E-state index is 0.116. The summed E-state index contributed by atoms with van der Waals surface area (Å²) in [4.78, 5) is 26.3. The zero-order chi connectivity index (χ0) is 24.8. The molecule has 1 saturated heterocycles. The molecule has 0 spiro atoms. The van der Waals surface area contributed by atoms with Crippen molar-refractivity contribution in [2.24, 2.45) is 5.92 Å². The fraction of sp³-hybridized carbons (Fsp3) is 0.923. The van der Waals surface area contributed by atoms with Crippen molar-refractivity contribution >= 4 is 12.1 Å². The van der Waals surface area contributed by atoms with Crippen molar-refractivity contribution in [3.63, 3.8) is 0 Å². The van der Waals surface area contributed by atoms with Gasteiger partial charge in [0.2, 0.25) is 0 Å². The molecule has 0 aromatic heterocycles. The Bertz CT molecular complexity index is 625. The van der Waals surface area contributed by atoms with Crippen LogP contribution in [0, 0.1) is 5.92 Å². The lowest BCUT2D eigenvalue weighted by Gasteiger charge is -2.42. The van der Waals surface area contributed by atoms with E-state index in [4.69, 9.17) is 14.2 Å². The number of rotatable bonds is 8. The van der Waals surface area contributed by atoms with Gasteiger partial charge in [-0.1, -0.05) is 0 Å². The number of likely N-dealkylation sites (tertiary alicyclic amines) is 1. The van der Waals surface area contributed by atoms with Crippen LogP contribution in [-0.4, -0.2) is 66.0 Å². The number of carbonyl (C=O) groups excluding carboxylic acids is 2. The summed E-state index contributed by atoms with van der Waals surface area (Å²) in [5.41, 5.74) is -1.11. The molecule has 1 saturated carbocycles. The van der Waals surface area contributed by atoms with E-state index in [0.29, 0.717) is 6.04 Å². The maximum atomic E-state index is 12.6. The normalized spacial score (nSPS) is 29.0. The Morgan fingerprint density at radius 2 is 1.55 bits per heavy atom. The average Bonchev–Trinajstić information content (AvgIpc) is 2.69. The molecular weight excluding hydrogens is 420 g/mol. The second kappa shape index (κ2) is 11.9. The minimum atomic E-state index is -0.632. The van der Waals surface area contributed by atoms with E-state index in [-0.39, 0.29) is 30.3 Å². The SMILES string of the molecule is COC(=O)C(C)(C)N[C@H]1CC[C@H](CCCOC2C[C@@H](C)N(C(=O)OC(C)(C)C)[C@@H](C)C2)CC1. The summed E-state index contributed by atoms with van der Waals surface area (Å²) >= 11 is 0. The van der Waals surface area contributed by atoms with Gasteiger partial charge < -0.3 is 19.1 Å². The number of ether oxygens (including phenoxy) is 3. The molecule has 1 N–H and O–H groups in total. The van der Waals surface area contributed by atoms with Crippen molar-refractivity contribution in [3.05, 3.63) is 0 Å². The van der Waals surface area contributed by atoms with Gasteiger partial charge in [0.15, 0.2) is 0 Å². The summed E-state index contributed by atoms with van der Waals surface area (Å²) in [6.45, 7) is 14.5. The Morgan fingerprint density at radius 3 is 2.06 bits per heavy atom. The molecule has 2 aliphatic rings. The molecular formula is C26H48N2O5. The summed E-state index contributed by atoms with van der Waals surface area (Å²) in [7, 11) is 1.44. The van der Waals surface area contributed by atoms with Crippen LogP contribution in [0.1, 0.15) is 99.8 Å². The Morgan fingerprint density at radius 1 is 0.970 bits per heavy atom. The Hall–Kier alpha value is -1.34. The summed E-state index contributed by atoms with van der Waals surface area (Å²) in [6.07, 6.45) is 8.55. The molecule has 1 heterocycles. The molecule has 192 valence electrons. The van der Waals surface area contributed by atoms with Gasteiger partial charge in [-0.15, -0.1) is 0 Å². The summed E-state index contributed by atoms with van der Waals surface area (Å²) in [5, 5.41) is 3.47. The van der Waals surface area contributed by atoms with Gasteiger partial charge in [-0.3, -0.25) is 10.1 Å². The highest BCUT2D eigenvalue weighted by Gasteiger charge is 2.37. The summed E-state index contributed by atoms with van der Waals surface area (Å²) in [6, 6.07) is 0.612. The number of hydrogen-bond acceptors (Lipinski definition) is 6. The predicted octanol–water partition coefficient (Wildman–Crippen LogP) is 5.06. The monoisotopic (exact) mass is 468 g/mol. The number of nitrogens with one attached hydrogen (secondary N) is 1. The molecule has 0 aromatic carbocycles. The summed E-state index contributed by atoms with van der Waals surface area (Å²) < 4.78 is 16.7. The first-order chi connectivity index (χ1) is 15.3. The first-order valence-electron chi connectivity index (χ1n) is 12.8. The molecule has 1 aliphatic heterocycles. The van der Waals surface area contributed by atoms with Gasteiger partial charge in [0.25, 0.3) is 0 Å². The van der Waals surface area contributed by atoms with Crippen molar-refractivity contribution in [3.8, 4) is 0 Å². The fourth-order valence-corrected chi connectivity index (χ4v) is 5.37. The smallest absolute Gasteiger partial charge is 0.410 e. The third-order valence-corrected chi connectivity index (χ3v) is 6.98. The first-order valence-corrected chi connectivity index (χ1v) is 12.8. The van der Waals surface area contributed by atoms with Crippen LogP contribution in [0.15, 0.2) is 0 Å². The topological polar surface area (TPSA) is 77.1 Å². The second-order valence-corrected chi connectivity index (χ2v) is 11.7. The van der Waals surface area contributed by atoms with Crippen molar-refractivity contribution in [2.45, 2.75) is 135 Å². The molecule has 0 radical (unpaired) electrons. The van der Waals surface area contributed by atoms with Gasteiger partial charge in [-0.2, -0.15) is 0 Å². The van der Waals surface area contributed by atoms with Gasteiger partial charge in [0.1, 0.15) is 11.1 Å². The molecule has 1 aliphatic carbocycles. The Kier molecular flexibility index (Phi) is 10.0. The van der Waals surface area contributed by atoms with Crippen molar-refractivity contribution in [1.82, 2.24) is 10.2 Å². The number of carbonyl (C=O) groups is 2. The molecule has 7 heteroatoms. The predicted molar refractivity (Wildman–Crippen MR) is 130 cm³/mol. The largest absolute Gasteiger partial charge is 0.468 e. The van der Waals surface area contributed by atoms with Crippen molar-refractivity contribution in [1.29, 1.82) is 0 Å². The highest BCUT2D eigenvalue weighted by atomic mass is 16.6. The van der Waals surface area contributed by atoms with E-state index < -0.39 is 11.1 Å². The van der Waals surface area contributed by atoms with Crippen LogP contribution in [0.25, 0.3) is 0 Å². The number of esters is 1. The first kappa shape index (κ1) is 27.9. The van der Waals surface area contributed by atoms with Crippen molar-refractivity contribution < 1.29 is 23.8 Å². The third kappa shape index (κ3) is 8.75. The zero-order valence-corrected chi connectivity index (χ0v) is 22.2. The highest BCUT2D eigenvalue weighted by molar-refractivity contribution is 5.79. The number of nitrogens with zero attached hydrogens (tertiary/aromatic N) is 1. The van der Waals surface area contributed by atoms with Gasteiger partial charge in [-0.05, 0) is 106 Å². The van der Waals surface area contributed by atoms with Crippen LogP contribution >= 0.6 is 0 Å². The minimum Gasteiger partial charge on any atom is -0.468 e. The zero-order valence-electron chi connectivity index (χ0n) is 22.2. The van der Waals surface area contributed by atoms with Gasteiger partial charge in [0.05, 0.1) is 13.2 Å². The van der Waals surface area contributed by atoms with E-state index in [1.54, 1.807) is 0 Å². The highest BCUT2D eigenvalue weighted by Crippen LogP contribution is 2.30. The third-order valence-electron chi connectivity index (χ3n) is 6.98. The van der Waals surface area contributed by atoms with E-state index >= 15 is 0 Å². The maximum Gasteiger partial charge on any atom is 0.410 e. The molecule has 33 heavy (non-hydrogen) atoms. The Balaban J connectivity index is 1.65. The van der Waals surface area contributed by atoms with E-state index in [1.807, 2.05) is 39.5 Å². The van der Waals surface area contributed by atoms with E-state index in [9.17, 15) is 9.59 Å². The lowest BCUT2D eigenvalue weighted by Crippen LogP contribution is -2.53. The van der Waals surface area contributed by atoms with Gasteiger partial charge in [-0.25, -0.2) is 4.79 Å². The van der Waals surface area contributed by atoms with E-state index in [0.717, 1.165) is 44.6 Å². The molecule has 3 atom stereocenters. The van der Waals surface area contributed by atoms with Crippen LogP contribution in [0.2, 0.25) is 0 Å². The quantitative estimate of drug-likeness (QED) is 0.396. The fourth-order valence-electron chi connectivity index (χ4n) is 5.37. The van der Waals surface area contributed by atoms with Gasteiger partial charge in [0, 0.05) is 24.7 Å². The van der Waals surface area contributed by atoms with Crippen LogP contribution in [0.4, 0.5) is 4.79 Å². The van der Waals surface area contributed by atoms with Gasteiger partial charge >= 0.3 is 12.1 Å². The average molecular weight is 469 g/mol. The second-order valence-electron chi connectivity index (χ2n) is 11.7. The van der Waals surface area contributed by atoms with E-state index in [2.05, 4.69) is 19.2 Å². The summed E-state index contributed by atoms with van der Waals surface area (Å²) in [5.74, 6) is 0.530. The van der Waals surface area contributed by atoms with Crippen molar-refractivity contribution in [2.75, 3.05) is 13.7 Å². The molecule has 7 nitrogen and oxygen atoms in total. The number of piperidine rings is 1. The maximum absolute atomic E-state index is 12.6. The lowest BCUT2D eigenvalue weighted by atomic mass is 9.82. The molecule has 0 aromatic rings. The lowest BCUT2D eigenvalue weighted by molar-refractivity contribution is -0.147. The van der Waals surface area contributed by atoms with Crippen LogP contribution < -0.4 is 5.32 Å². The molecule has 0 bridgehead atoms. The number of amides is 1. The number of hydrogen-bond donors (Lipinski definition) is 1. The Labute approximate surface area is 201 Å². The molecule has 2 fully saturated rings.